The summed E-state index contributed by atoms with van der Waals surface area (Å²) in [6.45, 7) is 1.76. The van der Waals surface area contributed by atoms with Crippen LogP contribution in [0.25, 0.3) is 0 Å². The van der Waals surface area contributed by atoms with E-state index in [-0.39, 0.29) is 17.0 Å². The zero-order chi connectivity index (χ0) is 14.0. The molecule has 1 amide bonds. The zero-order valence-electron chi connectivity index (χ0n) is 9.95. The van der Waals surface area contributed by atoms with Crippen LogP contribution in [0.15, 0.2) is 28.7 Å². The van der Waals surface area contributed by atoms with E-state index in [0.29, 0.717) is 16.9 Å². The van der Waals surface area contributed by atoms with Crippen LogP contribution in [0.1, 0.15) is 16.1 Å². The van der Waals surface area contributed by atoms with Crippen molar-refractivity contribution < 1.29 is 4.79 Å². The van der Waals surface area contributed by atoms with Crippen LogP contribution < -0.4 is 11.1 Å². The Bertz CT molecular complexity index is 627. The third-order valence-corrected chi connectivity index (χ3v) is 3.00. The summed E-state index contributed by atoms with van der Waals surface area (Å²) in [7, 11) is 0. The molecule has 3 N–H and O–H groups in total. The van der Waals surface area contributed by atoms with Gasteiger partial charge in [-0.15, -0.1) is 0 Å². The molecule has 0 fully saturated rings. The first-order valence-corrected chi connectivity index (χ1v) is 6.50. The Kier molecular flexibility index (Phi) is 4.01. The number of aromatic nitrogens is 2. The van der Waals surface area contributed by atoms with Gasteiger partial charge in [0.15, 0.2) is 0 Å². The monoisotopic (exact) mass is 340 g/mol. The molecule has 0 bridgehead atoms. The van der Waals surface area contributed by atoms with E-state index >= 15 is 0 Å². The van der Waals surface area contributed by atoms with Gasteiger partial charge in [0.2, 0.25) is 5.95 Å². The maximum absolute atomic E-state index is 12.1. The van der Waals surface area contributed by atoms with E-state index in [1.165, 1.54) is 0 Å². The number of rotatable bonds is 2. The van der Waals surface area contributed by atoms with E-state index < -0.39 is 0 Å². The summed E-state index contributed by atoms with van der Waals surface area (Å²) in [6.07, 6.45) is 0. The Morgan fingerprint density at radius 3 is 2.79 bits per heavy atom. The predicted octanol–water partition coefficient (Wildman–Crippen LogP) is 3.04. The lowest BCUT2D eigenvalue weighted by molar-refractivity contribution is 0.102. The van der Waals surface area contributed by atoms with Crippen molar-refractivity contribution in [1.82, 2.24) is 9.97 Å². The van der Waals surface area contributed by atoms with Crippen molar-refractivity contribution in [3.63, 3.8) is 0 Å². The van der Waals surface area contributed by atoms with Crippen molar-refractivity contribution in [3.05, 3.63) is 45.1 Å². The van der Waals surface area contributed by atoms with Gasteiger partial charge in [-0.2, -0.15) is 0 Å². The Morgan fingerprint density at radius 1 is 1.37 bits per heavy atom. The zero-order valence-corrected chi connectivity index (χ0v) is 12.3. The number of aryl methyl sites for hydroxylation is 1. The highest BCUT2D eigenvalue weighted by Gasteiger charge is 2.12. The molecule has 2 rings (SSSR count). The molecule has 1 aromatic heterocycles. The van der Waals surface area contributed by atoms with Crippen molar-refractivity contribution in [2.75, 3.05) is 11.1 Å². The van der Waals surface area contributed by atoms with Crippen LogP contribution >= 0.6 is 27.5 Å². The molecule has 0 atom stereocenters. The number of nitrogen functional groups attached to an aromatic ring is 1. The van der Waals surface area contributed by atoms with E-state index in [1.807, 2.05) is 0 Å². The fourth-order valence-electron chi connectivity index (χ4n) is 1.48. The smallest absolute Gasteiger partial charge is 0.260 e. The van der Waals surface area contributed by atoms with Gasteiger partial charge in [0.25, 0.3) is 5.91 Å². The molecule has 1 heterocycles. The maximum Gasteiger partial charge on any atom is 0.260 e. The van der Waals surface area contributed by atoms with Crippen LogP contribution in [0.4, 0.5) is 11.6 Å². The SMILES string of the molecule is Cc1cc(Cl)nc(NC(=O)c2cc(Br)ccc2N)n1. The molecular weight excluding hydrogens is 332 g/mol. The van der Waals surface area contributed by atoms with E-state index in [2.05, 4.69) is 31.2 Å². The standard InChI is InChI=1S/C12H10BrClN4O/c1-6-4-10(14)17-12(16-6)18-11(19)8-5-7(13)2-3-9(8)15/h2-5H,15H2,1H3,(H,16,17,18,19). The van der Waals surface area contributed by atoms with Gasteiger partial charge in [-0.25, -0.2) is 9.97 Å². The fourth-order valence-corrected chi connectivity index (χ4v) is 2.08. The minimum absolute atomic E-state index is 0.148. The van der Waals surface area contributed by atoms with Crippen molar-refractivity contribution in [1.29, 1.82) is 0 Å². The largest absolute Gasteiger partial charge is 0.398 e. The lowest BCUT2D eigenvalue weighted by Crippen LogP contribution is -2.16. The molecule has 5 nitrogen and oxygen atoms in total. The molecule has 0 radical (unpaired) electrons. The number of hydrogen-bond acceptors (Lipinski definition) is 4. The Labute approximate surface area is 123 Å². The molecule has 98 valence electrons. The molecule has 0 saturated heterocycles. The summed E-state index contributed by atoms with van der Waals surface area (Å²) in [5.41, 5.74) is 7.14. The Morgan fingerprint density at radius 2 is 2.11 bits per heavy atom. The number of carbonyl (C=O) groups is 1. The first kappa shape index (κ1) is 13.8. The lowest BCUT2D eigenvalue weighted by Gasteiger charge is -2.07. The second-order valence-corrected chi connectivity index (χ2v) is 5.14. The van der Waals surface area contributed by atoms with Crippen LogP contribution in [-0.2, 0) is 0 Å². The van der Waals surface area contributed by atoms with E-state index in [1.54, 1.807) is 31.2 Å². The third-order valence-electron chi connectivity index (χ3n) is 2.31. The van der Waals surface area contributed by atoms with Crippen LogP contribution in [0, 0.1) is 6.92 Å². The van der Waals surface area contributed by atoms with Crippen LogP contribution in [0.5, 0.6) is 0 Å². The number of amides is 1. The number of anilines is 2. The number of carbonyl (C=O) groups excluding carboxylic acids is 1. The van der Waals surface area contributed by atoms with E-state index in [9.17, 15) is 4.79 Å². The quantitative estimate of drug-likeness (QED) is 0.650. The van der Waals surface area contributed by atoms with Crippen molar-refractivity contribution in [2.45, 2.75) is 6.92 Å². The fraction of sp³-hybridized carbons (Fsp3) is 0.0833. The molecule has 0 saturated carbocycles. The summed E-state index contributed by atoms with van der Waals surface area (Å²) in [5.74, 6) is -0.241. The van der Waals surface area contributed by atoms with E-state index in [4.69, 9.17) is 17.3 Å². The first-order valence-electron chi connectivity index (χ1n) is 5.33. The van der Waals surface area contributed by atoms with Crippen molar-refractivity contribution in [2.24, 2.45) is 0 Å². The normalized spacial score (nSPS) is 10.3. The summed E-state index contributed by atoms with van der Waals surface area (Å²) in [4.78, 5) is 20.1. The van der Waals surface area contributed by atoms with Gasteiger partial charge in [-0.3, -0.25) is 10.1 Å². The molecular formula is C12H10BrClN4O. The molecule has 0 spiro atoms. The van der Waals surface area contributed by atoms with Gasteiger partial charge in [0.05, 0.1) is 5.56 Å². The maximum atomic E-state index is 12.1. The second kappa shape index (κ2) is 5.54. The van der Waals surface area contributed by atoms with Gasteiger partial charge >= 0.3 is 0 Å². The summed E-state index contributed by atoms with van der Waals surface area (Å²) < 4.78 is 0.759. The number of benzene rings is 1. The highest BCUT2D eigenvalue weighted by molar-refractivity contribution is 9.10. The number of halogens is 2. The molecule has 0 aliphatic rings. The average molecular weight is 342 g/mol. The number of hydrogen-bond donors (Lipinski definition) is 2. The number of nitrogens with zero attached hydrogens (tertiary/aromatic N) is 2. The summed E-state index contributed by atoms with van der Waals surface area (Å²) >= 11 is 9.09. The summed E-state index contributed by atoms with van der Waals surface area (Å²) in [6, 6.07) is 6.63. The number of nitrogens with two attached hydrogens (primary N) is 1. The minimum Gasteiger partial charge on any atom is -0.398 e. The van der Waals surface area contributed by atoms with Gasteiger partial charge in [0.1, 0.15) is 5.15 Å². The van der Waals surface area contributed by atoms with Gasteiger partial charge in [0, 0.05) is 15.9 Å². The molecule has 0 aliphatic heterocycles. The summed E-state index contributed by atoms with van der Waals surface area (Å²) in [5, 5.41) is 2.83. The van der Waals surface area contributed by atoms with Gasteiger partial charge in [-0.1, -0.05) is 27.5 Å². The average Bonchev–Trinajstić information content (AvgIpc) is 2.30. The first-order chi connectivity index (χ1) is 8.95. The Balaban J connectivity index is 2.28. The molecule has 7 heteroatoms. The lowest BCUT2D eigenvalue weighted by atomic mass is 10.2. The van der Waals surface area contributed by atoms with Crippen molar-refractivity contribution in [3.8, 4) is 0 Å². The molecule has 0 aliphatic carbocycles. The van der Waals surface area contributed by atoms with Gasteiger partial charge < -0.3 is 5.73 Å². The Hall–Kier alpha value is -1.66. The third kappa shape index (κ3) is 3.42. The van der Waals surface area contributed by atoms with E-state index in [0.717, 1.165) is 4.47 Å². The molecule has 2 aromatic rings. The van der Waals surface area contributed by atoms with Crippen LogP contribution in [-0.4, -0.2) is 15.9 Å². The second-order valence-electron chi connectivity index (χ2n) is 3.84. The molecule has 19 heavy (non-hydrogen) atoms. The highest BCUT2D eigenvalue weighted by atomic mass is 79.9. The molecule has 0 unspecified atom stereocenters. The minimum atomic E-state index is -0.388. The number of nitrogens with one attached hydrogen (secondary N) is 1. The van der Waals surface area contributed by atoms with Crippen LogP contribution in [0.2, 0.25) is 5.15 Å². The predicted molar refractivity (Wildman–Crippen MR) is 78.3 cm³/mol. The van der Waals surface area contributed by atoms with Crippen LogP contribution in [0.3, 0.4) is 0 Å². The topological polar surface area (TPSA) is 80.9 Å². The highest BCUT2D eigenvalue weighted by Crippen LogP contribution is 2.19. The van der Waals surface area contributed by atoms with Crippen molar-refractivity contribution >= 4 is 45.1 Å². The van der Waals surface area contributed by atoms with Gasteiger partial charge in [-0.05, 0) is 31.2 Å². The molecule has 1 aromatic carbocycles.